The number of fused-ring (bicyclic) bond motifs is 2. The smallest absolute Gasteiger partial charge is 0.268 e. The summed E-state index contributed by atoms with van der Waals surface area (Å²) in [6.45, 7) is 1.77. The van der Waals surface area contributed by atoms with Crippen LogP contribution in [-0.4, -0.2) is 79.4 Å². The maximum absolute atomic E-state index is 13.8. The van der Waals surface area contributed by atoms with Crippen LogP contribution in [0.2, 0.25) is 0 Å². The van der Waals surface area contributed by atoms with E-state index in [1.807, 2.05) is 80.0 Å². The lowest BCUT2D eigenvalue weighted by molar-refractivity contribution is -0.668. The van der Waals surface area contributed by atoms with Crippen molar-refractivity contribution < 1.29 is 40.0 Å². The number of carbonyl (C=O) groups is 1. The number of thiophene rings is 1. The van der Waals surface area contributed by atoms with Crippen LogP contribution in [0.25, 0.3) is 26.7 Å². The van der Waals surface area contributed by atoms with Crippen LogP contribution >= 0.6 is 34.4 Å². The second-order valence-electron chi connectivity index (χ2n) is 12.2. The van der Waals surface area contributed by atoms with Crippen molar-refractivity contribution in [3.05, 3.63) is 70.4 Å². The van der Waals surface area contributed by atoms with Gasteiger partial charge in [-0.15, -0.1) is 11.3 Å². The molecule has 2 aromatic heterocycles. The summed E-state index contributed by atoms with van der Waals surface area (Å²) in [5.41, 5.74) is 2.95. The molecule has 0 N–H and O–H groups in total. The van der Waals surface area contributed by atoms with Crippen LogP contribution in [0, 0.1) is 0 Å². The lowest BCUT2D eigenvalue weighted by atomic mass is 10.1. The highest BCUT2D eigenvalue weighted by molar-refractivity contribution is 7.99. The van der Waals surface area contributed by atoms with Gasteiger partial charge in [-0.1, -0.05) is 17.4 Å². The van der Waals surface area contributed by atoms with Gasteiger partial charge in [0.1, 0.15) is 4.70 Å². The van der Waals surface area contributed by atoms with E-state index < -0.39 is 31.7 Å². The first-order valence-electron chi connectivity index (χ1n) is 16.5. The van der Waals surface area contributed by atoms with Crippen molar-refractivity contribution in [2.45, 2.75) is 45.1 Å². The summed E-state index contributed by atoms with van der Waals surface area (Å²) in [5, 5.41) is 2.67. The highest BCUT2D eigenvalue weighted by atomic mass is 32.2. The van der Waals surface area contributed by atoms with Gasteiger partial charge in [0, 0.05) is 54.1 Å². The Bertz CT molecular complexity index is 2070. The number of hydrogen-bond acceptors (Lipinski definition) is 12. The summed E-state index contributed by atoms with van der Waals surface area (Å²) in [5.74, 6) is 2.05. The van der Waals surface area contributed by atoms with Crippen LogP contribution in [0.5, 0.6) is 5.75 Å². The van der Waals surface area contributed by atoms with Crippen LogP contribution in [-0.2, 0) is 26.8 Å². The Morgan fingerprint density at radius 1 is 0.920 bits per heavy atom. The standard InChI is InChI=1S/C34H39N3O8S5/c38-34(35-13-1-3-17-46-18-4-2-14-35)26-10-12-31-28(23-26)37(16-7-21-50(42,43)44)33(48-31)24-32-36(15-6-20-49(39,40)41)27-22-25(9-11-29(27)45-32)30-8-5-19-47-30/h5,8-12,19,22-24H,1-4,6-7,13-18,20-21H2,(H-,39,40,41,42,43,44)/p-1. The predicted octanol–water partition coefficient (Wildman–Crippen LogP) is 5.73. The minimum atomic E-state index is -4.45. The maximum atomic E-state index is 13.8. The zero-order chi connectivity index (χ0) is 35.3. The Labute approximate surface area is 305 Å². The van der Waals surface area contributed by atoms with Crippen LogP contribution < -0.4 is 14.2 Å². The number of ether oxygens (including phenoxy) is 1. The summed E-state index contributed by atoms with van der Waals surface area (Å²) in [6, 6.07) is 15.3. The Morgan fingerprint density at radius 2 is 1.66 bits per heavy atom. The van der Waals surface area contributed by atoms with E-state index in [4.69, 9.17) is 4.74 Å². The minimum Gasteiger partial charge on any atom is -0.748 e. The molecule has 0 aliphatic carbocycles. The SMILES string of the molecule is O=C(c1ccc2sc(C=C3Oc4ccc(-c5cccs5)cc4N3CCCS(=O)(=O)[O-])[n+](CCCS(=O)(=O)[O-])c2c1)N1CCCCSCCCC1. The van der Waals surface area contributed by atoms with Crippen molar-refractivity contribution in [3.63, 3.8) is 0 Å². The molecule has 0 atom stereocenters. The minimum absolute atomic E-state index is 0.0458. The number of nitrogens with zero attached hydrogens (tertiary/aromatic N) is 3. The van der Waals surface area contributed by atoms with Gasteiger partial charge in [-0.25, -0.2) is 16.8 Å². The largest absolute Gasteiger partial charge is 0.748 e. The fraction of sp³-hybridized carbons (Fsp3) is 0.412. The molecule has 2 aliphatic heterocycles. The topological polar surface area (TPSA) is 151 Å². The Kier molecular flexibility index (Phi) is 11.9. The molecule has 16 heteroatoms. The number of anilines is 1. The molecule has 4 heterocycles. The van der Waals surface area contributed by atoms with Gasteiger partial charge in [0.25, 0.3) is 10.9 Å². The average molecular weight is 777 g/mol. The van der Waals surface area contributed by atoms with E-state index in [1.165, 1.54) is 11.3 Å². The summed E-state index contributed by atoms with van der Waals surface area (Å²) in [6.07, 6.45) is 5.94. The van der Waals surface area contributed by atoms with Crippen molar-refractivity contribution in [1.82, 2.24) is 4.90 Å². The van der Waals surface area contributed by atoms with Gasteiger partial charge in [0.05, 0.1) is 32.0 Å². The third-order valence-corrected chi connectivity index (χ3v) is 13.3. The molecule has 0 saturated carbocycles. The van der Waals surface area contributed by atoms with Crippen molar-refractivity contribution in [3.8, 4) is 16.2 Å². The molecule has 268 valence electrons. The molecule has 1 amide bonds. The van der Waals surface area contributed by atoms with Gasteiger partial charge in [0.2, 0.25) is 11.4 Å². The number of carbonyl (C=O) groups excluding carboxylic acids is 1. The number of thiazole rings is 1. The zero-order valence-corrected chi connectivity index (χ0v) is 31.4. The molecule has 0 spiro atoms. The van der Waals surface area contributed by atoms with E-state index in [-0.39, 0.29) is 31.8 Å². The summed E-state index contributed by atoms with van der Waals surface area (Å²) < 4.78 is 78.1. The summed E-state index contributed by atoms with van der Waals surface area (Å²) in [4.78, 5) is 18.6. The van der Waals surface area contributed by atoms with Gasteiger partial charge in [0.15, 0.2) is 12.3 Å². The van der Waals surface area contributed by atoms with Crippen LogP contribution in [0.4, 0.5) is 5.69 Å². The number of rotatable bonds is 11. The Morgan fingerprint density at radius 3 is 2.36 bits per heavy atom. The first kappa shape index (κ1) is 36.8. The number of aromatic nitrogens is 1. The van der Waals surface area contributed by atoms with Gasteiger partial charge in [-0.3, -0.25) is 4.79 Å². The third kappa shape index (κ3) is 9.46. The molecule has 2 aliphatic rings. The number of amides is 1. The molecule has 4 aromatic rings. The van der Waals surface area contributed by atoms with Crippen molar-refractivity contribution in [1.29, 1.82) is 0 Å². The fourth-order valence-electron chi connectivity index (χ4n) is 6.12. The fourth-order valence-corrected chi connectivity index (χ4v) is 9.93. The average Bonchev–Trinajstić information content (AvgIpc) is 3.80. The van der Waals surface area contributed by atoms with E-state index in [0.717, 1.165) is 63.5 Å². The monoisotopic (exact) mass is 776 g/mol. The zero-order valence-electron chi connectivity index (χ0n) is 27.3. The Balaban J connectivity index is 1.37. The van der Waals surface area contributed by atoms with E-state index in [2.05, 4.69) is 0 Å². The molecule has 2 aromatic carbocycles. The number of thioether (sulfide) groups is 1. The normalized spacial score (nSPS) is 16.9. The molecule has 0 bridgehead atoms. The number of benzene rings is 2. The second kappa shape index (κ2) is 16.1. The van der Waals surface area contributed by atoms with Crippen LogP contribution in [0.3, 0.4) is 0 Å². The van der Waals surface area contributed by atoms with Crippen molar-refractivity contribution >= 4 is 82.6 Å². The highest BCUT2D eigenvalue weighted by Crippen LogP contribution is 2.43. The molecule has 6 rings (SSSR count). The predicted molar refractivity (Wildman–Crippen MR) is 198 cm³/mol. The first-order valence-corrected chi connectivity index (χ1v) is 22.5. The van der Waals surface area contributed by atoms with Gasteiger partial charge >= 0.3 is 0 Å². The third-order valence-electron chi connectivity index (χ3n) is 8.53. The molecule has 1 saturated heterocycles. The molecule has 0 unspecified atom stereocenters. The maximum Gasteiger partial charge on any atom is 0.268 e. The molecule has 1 fully saturated rings. The lowest BCUT2D eigenvalue weighted by Gasteiger charge is -2.23. The molecule has 50 heavy (non-hydrogen) atoms. The van der Waals surface area contributed by atoms with Crippen molar-refractivity contribution in [2.24, 2.45) is 0 Å². The Hall–Kier alpha value is -2.99. The summed E-state index contributed by atoms with van der Waals surface area (Å²) >= 11 is 4.98. The van der Waals surface area contributed by atoms with E-state index in [0.29, 0.717) is 35.3 Å². The van der Waals surface area contributed by atoms with Gasteiger partial charge < -0.3 is 23.6 Å². The van der Waals surface area contributed by atoms with E-state index >= 15 is 0 Å². The van der Waals surface area contributed by atoms with Crippen LogP contribution in [0.15, 0.2) is 59.8 Å². The molecular formula is C34H38N3O8S5-. The molecule has 11 nitrogen and oxygen atoms in total. The summed E-state index contributed by atoms with van der Waals surface area (Å²) in [7, 11) is -8.88. The van der Waals surface area contributed by atoms with Gasteiger partial charge in [-0.2, -0.15) is 16.3 Å². The second-order valence-corrected chi connectivity index (χ2v) is 18.5. The highest BCUT2D eigenvalue weighted by Gasteiger charge is 2.30. The first-order chi connectivity index (χ1) is 23.9. The quantitative estimate of drug-likeness (QED) is 0.136. The molecular weight excluding hydrogens is 739 g/mol. The van der Waals surface area contributed by atoms with E-state index in [1.54, 1.807) is 17.4 Å². The van der Waals surface area contributed by atoms with Crippen molar-refractivity contribution in [2.75, 3.05) is 47.5 Å². The van der Waals surface area contributed by atoms with Gasteiger partial charge in [-0.05, 0) is 91.0 Å². The van der Waals surface area contributed by atoms with Crippen LogP contribution in [0.1, 0.15) is 53.9 Å². The molecule has 0 radical (unpaired) electrons. The lowest BCUT2D eigenvalue weighted by Crippen LogP contribution is -2.37. The number of hydrogen-bond donors (Lipinski definition) is 0. The number of aryl methyl sites for hydroxylation is 1. The van der Waals surface area contributed by atoms with E-state index in [9.17, 15) is 30.7 Å².